The van der Waals surface area contributed by atoms with Crippen molar-refractivity contribution < 1.29 is 18.8 Å². The van der Waals surface area contributed by atoms with Crippen molar-refractivity contribution in [3.8, 4) is 0 Å². The summed E-state index contributed by atoms with van der Waals surface area (Å²) in [7, 11) is 1.29. The van der Waals surface area contributed by atoms with Gasteiger partial charge in [0, 0.05) is 13.5 Å². The van der Waals surface area contributed by atoms with Crippen LogP contribution in [0.5, 0.6) is 0 Å². The Morgan fingerprint density at radius 2 is 1.35 bits per heavy atom. The van der Waals surface area contributed by atoms with Gasteiger partial charge in [0.25, 0.3) is 0 Å². The van der Waals surface area contributed by atoms with E-state index in [0.717, 1.165) is 17.5 Å². The van der Waals surface area contributed by atoms with E-state index >= 15 is 0 Å². The van der Waals surface area contributed by atoms with Crippen LogP contribution < -0.4 is 0 Å². The summed E-state index contributed by atoms with van der Waals surface area (Å²) in [4.78, 5) is 13.2. The lowest BCUT2D eigenvalue weighted by Gasteiger charge is -2.33. The van der Waals surface area contributed by atoms with E-state index in [1.807, 2.05) is 74.5 Å². The summed E-state index contributed by atoms with van der Waals surface area (Å²) in [5.41, 5.74) is 4.32. The van der Waals surface area contributed by atoms with Crippen molar-refractivity contribution in [2.45, 2.75) is 45.1 Å². The third-order valence-electron chi connectivity index (χ3n) is 6.00. The van der Waals surface area contributed by atoms with Crippen LogP contribution in [0.1, 0.15) is 42.5 Å². The second kappa shape index (κ2) is 12.6. The van der Waals surface area contributed by atoms with Gasteiger partial charge >= 0.3 is 5.97 Å². The van der Waals surface area contributed by atoms with Gasteiger partial charge in [-0.3, -0.25) is 9.36 Å². The van der Waals surface area contributed by atoms with E-state index in [2.05, 4.69) is 24.3 Å². The highest BCUT2D eigenvalue weighted by molar-refractivity contribution is 7.25. The summed E-state index contributed by atoms with van der Waals surface area (Å²) in [5.74, 6) is -0.841. The molecule has 34 heavy (non-hydrogen) atoms. The first kappa shape index (κ1) is 25.8. The van der Waals surface area contributed by atoms with Crippen LogP contribution >= 0.6 is 8.46 Å². The van der Waals surface area contributed by atoms with E-state index < -0.39 is 11.3 Å². The van der Waals surface area contributed by atoms with Gasteiger partial charge in [-0.25, -0.2) is 0 Å². The fraction of sp³-hybridized carbons (Fsp3) is 0.345. The van der Waals surface area contributed by atoms with E-state index in [0.29, 0.717) is 12.8 Å². The summed E-state index contributed by atoms with van der Waals surface area (Å²) in [6, 6.07) is 28.1. The van der Waals surface area contributed by atoms with Gasteiger partial charge in [-0.05, 0) is 41.0 Å². The Labute approximate surface area is 204 Å². The molecule has 0 amide bonds. The van der Waals surface area contributed by atoms with E-state index in [1.165, 1.54) is 18.2 Å². The predicted molar refractivity (Wildman–Crippen MR) is 136 cm³/mol. The minimum Gasteiger partial charge on any atom is -0.460 e. The molecule has 0 saturated heterocycles. The van der Waals surface area contributed by atoms with Gasteiger partial charge in [0.1, 0.15) is 6.61 Å². The van der Waals surface area contributed by atoms with Crippen molar-refractivity contribution in [3.63, 3.8) is 0 Å². The largest absolute Gasteiger partial charge is 0.460 e. The summed E-state index contributed by atoms with van der Waals surface area (Å²) < 4.78 is 24.0. The fourth-order valence-corrected chi connectivity index (χ4v) is 4.79. The standard InChI is InChI=1S/C29H33O4P/c1-22(2)18-27(28(30)33-21-26-12-8-5-9-13-26)29(32-3,34-31)20-25-16-14-24(15-17-25)19-23-10-6-4-7-11-23/h4-17,22,27H,18-21H2,1-3H3. The monoisotopic (exact) mass is 476 g/mol. The molecule has 0 saturated carbocycles. The molecule has 0 bridgehead atoms. The average Bonchev–Trinajstić information content (AvgIpc) is 2.87. The first-order valence-corrected chi connectivity index (χ1v) is 12.5. The smallest absolute Gasteiger partial charge is 0.313 e. The van der Waals surface area contributed by atoms with Crippen LogP contribution in [0.3, 0.4) is 0 Å². The molecule has 2 atom stereocenters. The molecule has 0 aliphatic carbocycles. The third-order valence-corrected chi connectivity index (χ3v) is 6.96. The van der Waals surface area contributed by atoms with Crippen molar-refractivity contribution in [3.05, 3.63) is 107 Å². The SMILES string of the molecule is COC(Cc1ccc(Cc2ccccc2)cc1)(P=O)C(CC(C)C)C(=O)OCc1ccccc1. The molecule has 3 aromatic rings. The lowest BCUT2D eigenvalue weighted by atomic mass is 9.87. The average molecular weight is 477 g/mol. The summed E-state index contributed by atoms with van der Waals surface area (Å²) in [6.45, 7) is 4.26. The first-order valence-electron chi connectivity index (χ1n) is 11.7. The van der Waals surface area contributed by atoms with Crippen LogP contribution in [-0.4, -0.2) is 18.4 Å². The van der Waals surface area contributed by atoms with Crippen LogP contribution in [0.4, 0.5) is 0 Å². The van der Waals surface area contributed by atoms with Crippen molar-refractivity contribution >= 4 is 14.4 Å². The minimum atomic E-state index is -1.20. The second-order valence-electron chi connectivity index (χ2n) is 9.07. The van der Waals surface area contributed by atoms with Gasteiger partial charge in [-0.1, -0.05) is 98.8 Å². The summed E-state index contributed by atoms with van der Waals surface area (Å²) in [5, 5.41) is -1.20. The normalized spacial score (nSPS) is 14.0. The van der Waals surface area contributed by atoms with Crippen molar-refractivity contribution in [2.75, 3.05) is 7.11 Å². The molecule has 2 unspecified atom stereocenters. The quantitative estimate of drug-likeness (QED) is 0.212. The van der Waals surface area contributed by atoms with Crippen molar-refractivity contribution in [1.29, 1.82) is 0 Å². The number of carbonyl (C=O) groups excluding carboxylic acids is 1. The number of esters is 1. The summed E-state index contributed by atoms with van der Waals surface area (Å²) >= 11 is 0. The Morgan fingerprint density at radius 3 is 1.88 bits per heavy atom. The van der Waals surface area contributed by atoms with Gasteiger partial charge in [-0.2, -0.15) is 0 Å². The molecule has 4 nitrogen and oxygen atoms in total. The number of rotatable bonds is 12. The summed E-state index contributed by atoms with van der Waals surface area (Å²) in [6.07, 6.45) is 1.71. The molecule has 3 rings (SSSR count). The maximum atomic E-state index is 13.2. The van der Waals surface area contributed by atoms with Crippen molar-refractivity contribution in [2.24, 2.45) is 11.8 Å². The number of hydrogen-bond acceptors (Lipinski definition) is 4. The highest BCUT2D eigenvalue weighted by atomic mass is 31.1. The lowest BCUT2D eigenvalue weighted by molar-refractivity contribution is -0.158. The molecule has 0 aromatic heterocycles. The molecule has 5 heteroatoms. The maximum absolute atomic E-state index is 13.2. The number of methoxy groups -OCH3 is 1. The molecule has 0 aliphatic rings. The Morgan fingerprint density at radius 1 is 0.824 bits per heavy atom. The topological polar surface area (TPSA) is 52.6 Å². The third kappa shape index (κ3) is 7.09. The highest BCUT2D eigenvalue weighted by Crippen LogP contribution is 2.40. The molecular weight excluding hydrogens is 443 g/mol. The van der Waals surface area contributed by atoms with E-state index in [9.17, 15) is 9.36 Å². The number of hydrogen-bond donors (Lipinski definition) is 0. The zero-order valence-electron chi connectivity index (χ0n) is 20.1. The molecule has 0 N–H and O–H groups in total. The first-order chi connectivity index (χ1) is 16.5. The van der Waals surface area contributed by atoms with E-state index in [1.54, 1.807) is 0 Å². The van der Waals surface area contributed by atoms with E-state index in [-0.39, 0.29) is 27.0 Å². The Bertz CT molecular complexity index is 1030. The highest BCUT2D eigenvalue weighted by Gasteiger charge is 2.46. The Kier molecular flexibility index (Phi) is 9.56. The fourth-order valence-electron chi connectivity index (χ4n) is 4.14. The van der Waals surface area contributed by atoms with Crippen LogP contribution in [0.2, 0.25) is 0 Å². The molecule has 0 radical (unpaired) electrons. The Hall–Kier alpha value is -2.81. The minimum absolute atomic E-state index is 0.179. The molecule has 0 spiro atoms. The van der Waals surface area contributed by atoms with Crippen LogP contribution in [-0.2, 0) is 38.3 Å². The van der Waals surface area contributed by atoms with E-state index in [4.69, 9.17) is 9.47 Å². The lowest BCUT2D eigenvalue weighted by Crippen LogP contribution is -2.43. The molecule has 178 valence electrons. The van der Waals surface area contributed by atoms with Gasteiger partial charge in [0.05, 0.1) is 5.92 Å². The van der Waals surface area contributed by atoms with Crippen LogP contribution in [0, 0.1) is 11.8 Å². The maximum Gasteiger partial charge on any atom is 0.313 e. The van der Waals surface area contributed by atoms with Crippen molar-refractivity contribution in [1.82, 2.24) is 0 Å². The zero-order chi connectivity index (χ0) is 24.4. The molecule has 0 heterocycles. The predicted octanol–water partition coefficient (Wildman–Crippen LogP) is 6.86. The number of benzene rings is 3. The molecular formula is C29H33O4P. The van der Waals surface area contributed by atoms with Gasteiger partial charge in [0.2, 0.25) is 0 Å². The van der Waals surface area contributed by atoms with Crippen LogP contribution in [0.25, 0.3) is 0 Å². The second-order valence-corrected chi connectivity index (χ2v) is 10.0. The van der Waals surface area contributed by atoms with Gasteiger partial charge < -0.3 is 9.47 Å². The zero-order valence-corrected chi connectivity index (χ0v) is 21.0. The van der Waals surface area contributed by atoms with Crippen LogP contribution in [0.15, 0.2) is 84.9 Å². The Balaban J connectivity index is 1.77. The molecule has 3 aromatic carbocycles. The molecule has 0 aliphatic heterocycles. The van der Waals surface area contributed by atoms with Gasteiger partial charge in [0.15, 0.2) is 13.8 Å². The number of carbonyl (C=O) groups is 1. The molecule has 0 fully saturated rings. The van der Waals surface area contributed by atoms with Gasteiger partial charge in [-0.15, -0.1) is 0 Å². The number of ether oxygens (including phenoxy) is 2.